The lowest BCUT2D eigenvalue weighted by atomic mass is 9.56. The van der Waals surface area contributed by atoms with E-state index in [2.05, 4.69) is 28.5 Å². The molecule has 2 amide bonds. The molecule has 6 nitrogen and oxygen atoms in total. The molecule has 1 saturated carbocycles. The molecule has 0 unspecified atom stereocenters. The third-order valence-corrected chi connectivity index (χ3v) is 8.43. The Bertz CT molecular complexity index is 868. The molecule has 0 spiro atoms. The molecule has 1 aromatic carbocycles. The van der Waals surface area contributed by atoms with Gasteiger partial charge in [0.05, 0.1) is 0 Å². The number of rotatable bonds is 6. The monoisotopic (exact) mass is 425 g/mol. The zero-order valence-electron chi connectivity index (χ0n) is 18.5. The summed E-state index contributed by atoms with van der Waals surface area (Å²) in [5.41, 5.74) is 2.61. The van der Waals surface area contributed by atoms with E-state index in [0.717, 1.165) is 38.1 Å². The average molecular weight is 426 g/mol. The minimum atomic E-state index is -0.396. The van der Waals surface area contributed by atoms with Crippen molar-refractivity contribution in [1.29, 1.82) is 0 Å². The van der Waals surface area contributed by atoms with Gasteiger partial charge >= 0.3 is 0 Å². The Morgan fingerprint density at radius 3 is 2.94 bits per heavy atom. The number of aromatic hydroxyl groups is 1. The van der Waals surface area contributed by atoms with Crippen molar-refractivity contribution in [2.75, 3.05) is 19.6 Å². The minimum absolute atomic E-state index is 0.0267. The van der Waals surface area contributed by atoms with Gasteiger partial charge < -0.3 is 15.7 Å². The number of carbonyl (C=O) groups excluding carboxylic acids is 2. The molecule has 168 valence electrons. The second-order valence-electron chi connectivity index (χ2n) is 10.3. The smallest absolute Gasteiger partial charge is 0.242 e. The lowest BCUT2D eigenvalue weighted by Gasteiger charge is -2.56. The highest BCUT2D eigenvalue weighted by atomic mass is 16.3. The van der Waals surface area contributed by atoms with Gasteiger partial charge in [-0.25, -0.2) is 0 Å². The first-order valence-electron chi connectivity index (χ1n) is 12.1. The second kappa shape index (κ2) is 8.12. The molecule has 5 rings (SSSR count). The van der Waals surface area contributed by atoms with E-state index >= 15 is 0 Å². The SMILES string of the molecule is C[C@H]1[C@H]2Cc3ccc(O)cc3[C@]1(CCNC(=O)[C@@H]1CCCC(=O)N1)CCN2CC1CC1. The van der Waals surface area contributed by atoms with Crippen molar-refractivity contribution in [2.24, 2.45) is 11.8 Å². The number of amides is 2. The van der Waals surface area contributed by atoms with Crippen LogP contribution in [0.15, 0.2) is 18.2 Å². The third kappa shape index (κ3) is 3.95. The van der Waals surface area contributed by atoms with Crippen molar-refractivity contribution in [3.8, 4) is 5.75 Å². The topological polar surface area (TPSA) is 81.7 Å². The number of carbonyl (C=O) groups is 2. The van der Waals surface area contributed by atoms with E-state index in [9.17, 15) is 14.7 Å². The predicted molar refractivity (Wildman–Crippen MR) is 119 cm³/mol. The van der Waals surface area contributed by atoms with Gasteiger partial charge in [-0.2, -0.15) is 0 Å². The Balaban J connectivity index is 1.33. The number of phenols is 1. The highest BCUT2D eigenvalue weighted by Crippen LogP contribution is 2.52. The number of hydrogen-bond donors (Lipinski definition) is 3. The number of hydrogen-bond acceptors (Lipinski definition) is 4. The highest BCUT2D eigenvalue weighted by Gasteiger charge is 2.51. The van der Waals surface area contributed by atoms with Crippen LogP contribution in [0.5, 0.6) is 5.75 Å². The fourth-order valence-electron chi connectivity index (χ4n) is 6.42. The van der Waals surface area contributed by atoms with Crippen LogP contribution in [0, 0.1) is 11.8 Å². The van der Waals surface area contributed by atoms with Gasteiger partial charge in [0.25, 0.3) is 0 Å². The van der Waals surface area contributed by atoms with Crippen LogP contribution < -0.4 is 10.6 Å². The van der Waals surface area contributed by atoms with Crippen molar-refractivity contribution in [3.05, 3.63) is 29.3 Å². The van der Waals surface area contributed by atoms with Crippen molar-refractivity contribution < 1.29 is 14.7 Å². The number of piperidine rings is 2. The molecule has 3 N–H and O–H groups in total. The summed E-state index contributed by atoms with van der Waals surface area (Å²) < 4.78 is 0. The van der Waals surface area contributed by atoms with Crippen LogP contribution in [0.1, 0.15) is 63.0 Å². The fourth-order valence-corrected chi connectivity index (χ4v) is 6.42. The Kier molecular flexibility index (Phi) is 5.45. The third-order valence-electron chi connectivity index (χ3n) is 8.43. The molecule has 4 aliphatic rings. The first kappa shape index (κ1) is 20.8. The van der Waals surface area contributed by atoms with Crippen LogP contribution in [0.4, 0.5) is 0 Å². The van der Waals surface area contributed by atoms with E-state index < -0.39 is 6.04 Å². The summed E-state index contributed by atoms with van der Waals surface area (Å²) in [5, 5.41) is 16.2. The zero-order chi connectivity index (χ0) is 21.6. The van der Waals surface area contributed by atoms with Gasteiger partial charge in [-0.3, -0.25) is 14.5 Å². The Morgan fingerprint density at radius 1 is 1.32 bits per heavy atom. The van der Waals surface area contributed by atoms with Gasteiger partial charge in [-0.1, -0.05) is 13.0 Å². The predicted octanol–water partition coefficient (Wildman–Crippen LogP) is 2.48. The van der Waals surface area contributed by atoms with Crippen LogP contribution in [0.2, 0.25) is 0 Å². The Morgan fingerprint density at radius 2 is 2.16 bits per heavy atom. The number of nitrogens with zero attached hydrogens (tertiary/aromatic N) is 1. The number of phenolic OH excluding ortho intramolecular Hbond substituents is 1. The summed E-state index contributed by atoms with van der Waals surface area (Å²) in [5.74, 6) is 1.59. The van der Waals surface area contributed by atoms with Crippen LogP contribution in [0.25, 0.3) is 0 Å². The number of nitrogens with one attached hydrogen (secondary N) is 2. The van der Waals surface area contributed by atoms with Crippen LogP contribution in [-0.4, -0.2) is 53.5 Å². The number of benzene rings is 1. The van der Waals surface area contributed by atoms with Gasteiger partial charge in [0.1, 0.15) is 11.8 Å². The van der Waals surface area contributed by atoms with E-state index in [0.29, 0.717) is 37.1 Å². The molecule has 2 saturated heterocycles. The van der Waals surface area contributed by atoms with Gasteiger partial charge in [-0.05, 0) is 86.6 Å². The fraction of sp³-hybridized carbons (Fsp3) is 0.680. The molecule has 31 heavy (non-hydrogen) atoms. The molecule has 1 aromatic rings. The standard InChI is InChI=1S/C25H35N3O3/c1-16-22-13-18-7-8-19(29)14-20(18)25(16,10-12-28(22)15-17-5-6-17)9-11-26-24(31)21-3-2-4-23(30)27-21/h7-8,14,16-17,21-22,29H,2-6,9-13,15H2,1H3,(H,26,31)(H,27,30)/t16-,21-,22+,25+/m0/s1. The van der Waals surface area contributed by atoms with Crippen molar-refractivity contribution in [3.63, 3.8) is 0 Å². The summed E-state index contributed by atoms with van der Waals surface area (Å²) in [6.45, 7) is 5.28. The minimum Gasteiger partial charge on any atom is -0.508 e. The lowest BCUT2D eigenvalue weighted by molar-refractivity contribution is -0.131. The molecule has 0 radical (unpaired) electrons. The molecule has 2 aliphatic carbocycles. The van der Waals surface area contributed by atoms with Gasteiger partial charge in [0.2, 0.25) is 11.8 Å². The molecule has 3 fully saturated rings. The summed E-state index contributed by atoms with van der Waals surface area (Å²) in [4.78, 5) is 27.0. The first-order valence-corrected chi connectivity index (χ1v) is 12.1. The quantitative estimate of drug-likeness (QED) is 0.654. The lowest BCUT2D eigenvalue weighted by Crippen LogP contribution is -2.60. The summed E-state index contributed by atoms with van der Waals surface area (Å²) in [6.07, 6.45) is 7.72. The maximum Gasteiger partial charge on any atom is 0.242 e. The van der Waals surface area contributed by atoms with Crippen molar-refractivity contribution in [1.82, 2.24) is 15.5 Å². The molecule has 2 bridgehead atoms. The maximum absolute atomic E-state index is 12.6. The van der Waals surface area contributed by atoms with E-state index in [1.165, 1.54) is 30.5 Å². The number of fused-ring (bicyclic) bond motifs is 4. The van der Waals surface area contributed by atoms with Crippen LogP contribution in [0.3, 0.4) is 0 Å². The molecular formula is C25H35N3O3. The molecule has 2 heterocycles. The average Bonchev–Trinajstić information content (AvgIpc) is 3.56. The largest absolute Gasteiger partial charge is 0.508 e. The van der Waals surface area contributed by atoms with E-state index in [1.54, 1.807) is 0 Å². The van der Waals surface area contributed by atoms with Gasteiger partial charge in [-0.15, -0.1) is 0 Å². The molecule has 2 aliphatic heterocycles. The highest BCUT2D eigenvalue weighted by molar-refractivity contribution is 5.88. The maximum atomic E-state index is 12.6. The molecule has 6 heteroatoms. The van der Waals surface area contributed by atoms with Crippen LogP contribution >= 0.6 is 0 Å². The first-order chi connectivity index (χ1) is 15.0. The Hall–Kier alpha value is -2.08. The summed E-state index contributed by atoms with van der Waals surface area (Å²) in [6, 6.07) is 6.03. The normalized spacial score (nSPS) is 32.8. The van der Waals surface area contributed by atoms with Crippen molar-refractivity contribution >= 4 is 11.8 Å². The van der Waals surface area contributed by atoms with Crippen LogP contribution in [-0.2, 0) is 21.4 Å². The summed E-state index contributed by atoms with van der Waals surface area (Å²) >= 11 is 0. The summed E-state index contributed by atoms with van der Waals surface area (Å²) in [7, 11) is 0. The second-order valence-corrected chi connectivity index (χ2v) is 10.3. The van der Waals surface area contributed by atoms with E-state index in [4.69, 9.17) is 0 Å². The molecular weight excluding hydrogens is 390 g/mol. The van der Waals surface area contributed by atoms with E-state index in [-0.39, 0.29) is 17.2 Å². The molecule has 4 atom stereocenters. The van der Waals surface area contributed by atoms with Crippen molar-refractivity contribution in [2.45, 2.75) is 75.8 Å². The Labute approximate surface area is 184 Å². The van der Waals surface area contributed by atoms with E-state index in [1.807, 2.05) is 12.1 Å². The van der Waals surface area contributed by atoms with Gasteiger partial charge in [0, 0.05) is 31.0 Å². The molecule has 0 aromatic heterocycles. The zero-order valence-corrected chi connectivity index (χ0v) is 18.5. The van der Waals surface area contributed by atoms with Gasteiger partial charge in [0.15, 0.2) is 0 Å². The number of likely N-dealkylation sites (tertiary alicyclic amines) is 1.